The van der Waals surface area contributed by atoms with E-state index in [1.165, 1.54) is 11.1 Å². The summed E-state index contributed by atoms with van der Waals surface area (Å²) in [5.41, 5.74) is 22.0. The molecule has 3 aromatic heterocycles. The van der Waals surface area contributed by atoms with E-state index in [0.717, 1.165) is 166 Å². The molecule has 0 fully saturated rings. The van der Waals surface area contributed by atoms with Crippen molar-refractivity contribution in [1.29, 1.82) is 0 Å². The van der Waals surface area contributed by atoms with E-state index in [1.54, 1.807) is 0 Å². The Morgan fingerprint density at radius 3 is 0.954 bits per heavy atom. The van der Waals surface area contributed by atoms with E-state index in [-0.39, 0.29) is 0 Å². The molecule has 0 saturated carbocycles. The van der Waals surface area contributed by atoms with Crippen LogP contribution in [0.25, 0.3) is 132 Å². The lowest BCUT2D eigenvalue weighted by molar-refractivity contribution is 0.670. The Bertz CT molecular complexity index is 5230. The predicted octanol–water partition coefficient (Wildman–Crippen LogP) is 23.9. The van der Waals surface area contributed by atoms with Crippen LogP contribution in [0, 0.1) is 13.8 Å². The Morgan fingerprint density at radius 2 is 0.517 bits per heavy atom. The standard InChI is InChI=1S/C82H54N2O3/c1-51-23-9-11-33-59(51)63-39-19-41-67-69-43-21-45-73(81(69)86-77(63)67)83(57-31-17-29-55(47-57)53-25-5-3-6-26-53)75-49-71-72-50-76(62-36-14-16-38-66(62)80(72)85-79(71)65-37-15-13-35-61(65)75)84(58-32-18-30-56(48-58)54-27-7-4-8-28-54)74-46-22-44-70-68-42-20-40-64(78(68)87-82(70)74)60-34-12-10-24-52(60)2/h3-50H,1-2H3. The van der Waals surface area contributed by atoms with Crippen LogP contribution in [0.3, 0.4) is 0 Å². The second-order valence-electron chi connectivity index (χ2n) is 22.7. The monoisotopic (exact) mass is 1110 g/mol. The first-order chi connectivity index (χ1) is 43.0. The average Bonchev–Trinajstić information content (AvgIpc) is 1.75. The molecule has 14 aromatic carbocycles. The van der Waals surface area contributed by atoms with Gasteiger partial charge in [-0.2, -0.15) is 0 Å². The highest BCUT2D eigenvalue weighted by Crippen LogP contribution is 2.53. The molecule has 17 rings (SSSR count). The lowest BCUT2D eigenvalue weighted by Crippen LogP contribution is -2.11. The van der Waals surface area contributed by atoms with Gasteiger partial charge in [-0.15, -0.1) is 0 Å². The Hall–Kier alpha value is -11.4. The molecule has 17 aromatic rings. The zero-order valence-corrected chi connectivity index (χ0v) is 47.8. The zero-order chi connectivity index (χ0) is 57.7. The minimum absolute atomic E-state index is 0.798. The van der Waals surface area contributed by atoms with Crippen LogP contribution in [-0.4, -0.2) is 0 Å². The molecule has 5 heteroatoms. The Labute approximate surface area is 502 Å². The highest BCUT2D eigenvalue weighted by atomic mass is 16.3. The maximum atomic E-state index is 7.40. The third-order valence-corrected chi connectivity index (χ3v) is 17.7. The van der Waals surface area contributed by atoms with Gasteiger partial charge >= 0.3 is 0 Å². The Morgan fingerprint density at radius 1 is 0.207 bits per heavy atom. The summed E-state index contributed by atoms with van der Waals surface area (Å²) in [7, 11) is 0. The van der Waals surface area contributed by atoms with E-state index in [9.17, 15) is 0 Å². The summed E-state index contributed by atoms with van der Waals surface area (Å²) in [6, 6.07) is 104. The van der Waals surface area contributed by atoms with Crippen molar-refractivity contribution >= 4 is 121 Å². The number of nitrogens with zero attached hydrogens (tertiary/aromatic N) is 2. The van der Waals surface area contributed by atoms with Gasteiger partial charge in [0.15, 0.2) is 11.2 Å². The van der Waals surface area contributed by atoms with E-state index < -0.39 is 0 Å². The van der Waals surface area contributed by atoms with Crippen LogP contribution in [0.5, 0.6) is 0 Å². The third-order valence-electron chi connectivity index (χ3n) is 17.7. The third kappa shape index (κ3) is 8.08. The lowest BCUT2D eigenvalue weighted by atomic mass is 9.98. The summed E-state index contributed by atoms with van der Waals surface area (Å²) >= 11 is 0. The summed E-state index contributed by atoms with van der Waals surface area (Å²) < 4.78 is 22.1. The molecule has 0 N–H and O–H groups in total. The summed E-state index contributed by atoms with van der Waals surface area (Å²) in [6.07, 6.45) is 0. The number of hydrogen-bond acceptors (Lipinski definition) is 5. The number of fused-ring (bicyclic) bond motifs is 13. The molecule has 0 aliphatic heterocycles. The maximum absolute atomic E-state index is 7.40. The van der Waals surface area contributed by atoms with Crippen molar-refractivity contribution in [3.8, 4) is 44.5 Å². The van der Waals surface area contributed by atoms with Crippen molar-refractivity contribution in [1.82, 2.24) is 0 Å². The summed E-state index contributed by atoms with van der Waals surface area (Å²) in [6.45, 7) is 4.33. The van der Waals surface area contributed by atoms with Gasteiger partial charge in [0, 0.05) is 76.4 Å². The van der Waals surface area contributed by atoms with E-state index in [4.69, 9.17) is 13.3 Å². The fraction of sp³-hybridized carbons (Fsp3) is 0.0244. The molecule has 0 amide bonds. The van der Waals surface area contributed by atoms with Gasteiger partial charge in [0.25, 0.3) is 0 Å². The summed E-state index contributed by atoms with van der Waals surface area (Å²) in [4.78, 5) is 4.81. The molecule has 0 saturated heterocycles. The van der Waals surface area contributed by atoms with Crippen molar-refractivity contribution in [3.63, 3.8) is 0 Å². The highest BCUT2D eigenvalue weighted by molar-refractivity contribution is 6.26. The van der Waals surface area contributed by atoms with Crippen molar-refractivity contribution in [3.05, 3.63) is 302 Å². The quantitative estimate of drug-likeness (QED) is 0.137. The minimum atomic E-state index is 0.798. The fourth-order valence-electron chi connectivity index (χ4n) is 13.6. The van der Waals surface area contributed by atoms with Crippen LogP contribution >= 0.6 is 0 Å². The second kappa shape index (κ2) is 20.2. The lowest BCUT2D eigenvalue weighted by Gasteiger charge is -2.28. The molecule has 5 nitrogen and oxygen atoms in total. The van der Waals surface area contributed by atoms with Gasteiger partial charge in [-0.3, -0.25) is 0 Å². The summed E-state index contributed by atoms with van der Waals surface area (Å²) in [5, 5.41) is 10.2. The topological polar surface area (TPSA) is 45.9 Å². The number of rotatable bonds is 10. The number of furan rings is 3. The van der Waals surface area contributed by atoms with E-state index in [0.29, 0.717) is 0 Å². The molecule has 0 spiro atoms. The molecular weight excluding hydrogens is 1060 g/mol. The van der Waals surface area contributed by atoms with Crippen molar-refractivity contribution in [2.45, 2.75) is 13.8 Å². The van der Waals surface area contributed by atoms with E-state index in [1.807, 2.05) is 0 Å². The van der Waals surface area contributed by atoms with Crippen LogP contribution in [-0.2, 0) is 0 Å². The molecule has 410 valence electrons. The maximum Gasteiger partial charge on any atom is 0.159 e. The first-order valence-corrected chi connectivity index (χ1v) is 29.7. The largest absolute Gasteiger partial charge is 0.455 e. The van der Waals surface area contributed by atoms with Gasteiger partial charge in [-0.05, 0) is 107 Å². The zero-order valence-electron chi connectivity index (χ0n) is 47.8. The van der Waals surface area contributed by atoms with Crippen molar-refractivity contribution < 1.29 is 13.3 Å². The van der Waals surface area contributed by atoms with Crippen LogP contribution in [0.15, 0.2) is 304 Å². The molecule has 0 aliphatic carbocycles. The Balaban J connectivity index is 0.952. The number of benzene rings is 14. The molecule has 0 atom stereocenters. The SMILES string of the molecule is Cc1ccccc1-c1cccc2c1oc1c(N(c3cccc(-c4ccccc4)c3)c3cc4c5cc(N(c6cccc(-c7ccccc7)c6)c6cccc7c6oc6c(-c8ccccc8C)cccc67)c6ccccc6c5oc4c4ccccc34)cccc12. The normalized spacial score (nSPS) is 11.8. The first-order valence-electron chi connectivity index (χ1n) is 29.7. The van der Waals surface area contributed by atoms with Gasteiger partial charge in [-0.1, -0.05) is 243 Å². The van der Waals surface area contributed by atoms with Crippen molar-refractivity contribution in [2.75, 3.05) is 9.80 Å². The first kappa shape index (κ1) is 50.1. The number of aryl methyl sites for hydroxylation is 2. The van der Waals surface area contributed by atoms with Crippen LogP contribution in [0.1, 0.15) is 11.1 Å². The van der Waals surface area contributed by atoms with Gasteiger partial charge in [-0.25, -0.2) is 0 Å². The van der Waals surface area contributed by atoms with Gasteiger partial charge in [0.05, 0.1) is 22.7 Å². The second-order valence-corrected chi connectivity index (χ2v) is 22.7. The molecule has 0 bridgehead atoms. The molecule has 0 aliphatic rings. The number of para-hydroxylation sites is 4. The number of hydrogen-bond donors (Lipinski definition) is 0. The average molecular weight is 1120 g/mol. The Kier molecular flexibility index (Phi) is 11.6. The number of anilines is 6. The van der Waals surface area contributed by atoms with Gasteiger partial charge in [0.1, 0.15) is 22.3 Å². The highest BCUT2D eigenvalue weighted by Gasteiger charge is 2.29. The van der Waals surface area contributed by atoms with Crippen LogP contribution in [0.4, 0.5) is 34.1 Å². The molecule has 3 heterocycles. The molecular formula is C82H54N2O3. The molecule has 0 radical (unpaired) electrons. The van der Waals surface area contributed by atoms with E-state index in [2.05, 4.69) is 315 Å². The van der Waals surface area contributed by atoms with Crippen molar-refractivity contribution in [2.24, 2.45) is 0 Å². The van der Waals surface area contributed by atoms with Gasteiger partial charge in [0.2, 0.25) is 0 Å². The molecule has 87 heavy (non-hydrogen) atoms. The minimum Gasteiger partial charge on any atom is -0.455 e. The molecule has 0 unspecified atom stereocenters. The smallest absolute Gasteiger partial charge is 0.159 e. The van der Waals surface area contributed by atoms with Gasteiger partial charge < -0.3 is 23.1 Å². The fourth-order valence-corrected chi connectivity index (χ4v) is 13.6. The van der Waals surface area contributed by atoms with Crippen LogP contribution < -0.4 is 9.80 Å². The summed E-state index contributed by atoms with van der Waals surface area (Å²) in [5.74, 6) is 0. The predicted molar refractivity (Wildman–Crippen MR) is 364 cm³/mol. The van der Waals surface area contributed by atoms with Crippen LogP contribution in [0.2, 0.25) is 0 Å². The van der Waals surface area contributed by atoms with E-state index >= 15 is 0 Å².